The van der Waals surface area contributed by atoms with Gasteiger partial charge in [-0.15, -0.1) is 0 Å². The van der Waals surface area contributed by atoms with Gasteiger partial charge in [-0.1, -0.05) is 24.3 Å². The minimum absolute atomic E-state index is 0.843. The average Bonchev–Trinajstić information content (AvgIpc) is 3.35. The summed E-state index contributed by atoms with van der Waals surface area (Å²) in [4.78, 5) is 8.92. The lowest BCUT2D eigenvalue weighted by molar-refractivity contribution is 0.732. The highest BCUT2D eigenvalue weighted by atomic mass is 15.2. The number of hydrogen-bond acceptors (Lipinski definition) is 2. The van der Waals surface area contributed by atoms with Crippen LogP contribution in [0.25, 0.3) is 10.9 Å². The monoisotopic (exact) mass is 282 g/mol. The highest BCUT2D eigenvalue weighted by Crippen LogP contribution is 2.27. The maximum Gasteiger partial charge on any atom is 0.190 e. The molecule has 0 bridgehead atoms. The van der Waals surface area contributed by atoms with Gasteiger partial charge in [-0.05, 0) is 30.9 Å². The molecule has 0 radical (unpaired) electrons. The van der Waals surface area contributed by atoms with Crippen molar-refractivity contribution in [2.24, 2.45) is 10.9 Å². The molecule has 0 saturated heterocycles. The third-order valence-corrected chi connectivity index (χ3v) is 3.81. The zero-order valence-electron chi connectivity index (χ0n) is 12.5. The minimum Gasteiger partial charge on any atom is -0.356 e. The molecule has 0 atom stereocenters. The fourth-order valence-electron chi connectivity index (χ4n) is 2.34. The molecule has 2 N–H and O–H groups in total. The number of nitrogens with one attached hydrogen (secondary N) is 2. The first-order chi connectivity index (χ1) is 10.3. The summed E-state index contributed by atoms with van der Waals surface area (Å²) in [6.45, 7) is 1.88. The van der Waals surface area contributed by atoms with Crippen LogP contribution < -0.4 is 10.6 Å². The Bertz CT molecular complexity index is 631. The van der Waals surface area contributed by atoms with Crippen molar-refractivity contribution in [1.29, 1.82) is 0 Å². The lowest BCUT2D eigenvalue weighted by atomic mass is 10.2. The van der Waals surface area contributed by atoms with E-state index in [-0.39, 0.29) is 0 Å². The summed E-state index contributed by atoms with van der Waals surface area (Å²) in [7, 11) is 1.82. The number of rotatable bonds is 5. The standard InChI is InChI=1S/C17H22N4/c1-18-17(20-12-13-6-7-13)19-11-10-15-9-8-14-4-2-3-5-16(14)21-15/h2-5,8-9,13H,6-7,10-12H2,1H3,(H2,18,19,20). The van der Waals surface area contributed by atoms with Crippen LogP contribution in [0.5, 0.6) is 0 Å². The van der Waals surface area contributed by atoms with E-state index in [4.69, 9.17) is 0 Å². The van der Waals surface area contributed by atoms with E-state index in [1.54, 1.807) is 0 Å². The largest absolute Gasteiger partial charge is 0.356 e. The first kappa shape index (κ1) is 13.9. The zero-order valence-corrected chi connectivity index (χ0v) is 12.5. The van der Waals surface area contributed by atoms with Gasteiger partial charge in [0.25, 0.3) is 0 Å². The Balaban J connectivity index is 1.50. The van der Waals surface area contributed by atoms with Crippen molar-refractivity contribution in [2.75, 3.05) is 20.1 Å². The molecule has 3 rings (SSSR count). The molecule has 1 aromatic carbocycles. The predicted molar refractivity (Wildman–Crippen MR) is 87.5 cm³/mol. The molecule has 110 valence electrons. The molecule has 0 unspecified atom stereocenters. The van der Waals surface area contributed by atoms with Crippen LogP contribution in [0.3, 0.4) is 0 Å². The number of aliphatic imine (C=N–C) groups is 1. The van der Waals surface area contributed by atoms with Gasteiger partial charge in [-0.25, -0.2) is 0 Å². The molecular weight excluding hydrogens is 260 g/mol. The lowest BCUT2D eigenvalue weighted by Gasteiger charge is -2.11. The van der Waals surface area contributed by atoms with E-state index >= 15 is 0 Å². The summed E-state index contributed by atoms with van der Waals surface area (Å²) in [6, 6.07) is 12.5. The van der Waals surface area contributed by atoms with Crippen molar-refractivity contribution in [3.63, 3.8) is 0 Å². The molecule has 21 heavy (non-hydrogen) atoms. The van der Waals surface area contributed by atoms with Crippen molar-refractivity contribution in [2.45, 2.75) is 19.3 Å². The first-order valence-electron chi connectivity index (χ1n) is 7.64. The van der Waals surface area contributed by atoms with Crippen LogP contribution in [-0.4, -0.2) is 31.1 Å². The molecule has 0 spiro atoms. The number of aromatic nitrogens is 1. The number of nitrogens with zero attached hydrogens (tertiary/aromatic N) is 2. The molecular formula is C17H22N4. The normalized spacial score (nSPS) is 15.2. The summed E-state index contributed by atoms with van der Waals surface area (Å²) in [5.74, 6) is 1.74. The number of pyridine rings is 1. The van der Waals surface area contributed by atoms with E-state index in [0.717, 1.165) is 42.6 Å². The smallest absolute Gasteiger partial charge is 0.190 e. The Morgan fingerprint density at radius 1 is 1.19 bits per heavy atom. The van der Waals surface area contributed by atoms with Gasteiger partial charge >= 0.3 is 0 Å². The summed E-state index contributed by atoms with van der Waals surface area (Å²) >= 11 is 0. The van der Waals surface area contributed by atoms with Gasteiger partial charge in [-0.3, -0.25) is 9.98 Å². The van der Waals surface area contributed by atoms with E-state index in [9.17, 15) is 0 Å². The molecule has 0 amide bonds. The van der Waals surface area contributed by atoms with Crippen molar-refractivity contribution in [3.8, 4) is 0 Å². The third kappa shape index (κ3) is 3.94. The number of benzene rings is 1. The predicted octanol–water partition coefficient (Wildman–Crippen LogP) is 2.35. The van der Waals surface area contributed by atoms with Gasteiger partial charge in [0.15, 0.2) is 5.96 Å². The maximum atomic E-state index is 4.68. The van der Waals surface area contributed by atoms with E-state index < -0.39 is 0 Å². The number of guanidine groups is 1. The number of fused-ring (bicyclic) bond motifs is 1. The second kappa shape index (κ2) is 6.57. The molecule has 1 heterocycles. The summed E-state index contributed by atoms with van der Waals surface area (Å²) in [6.07, 6.45) is 3.60. The fourth-order valence-corrected chi connectivity index (χ4v) is 2.34. The van der Waals surface area contributed by atoms with E-state index in [2.05, 4.69) is 44.9 Å². The van der Waals surface area contributed by atoms with E-state index in [0.29, 0.717) is 0 Å². The zero-order chi connectivity index (χ0) is 14.5. The van der Waals surface area contributed by atoms with Crippen LogP contribution in [0.4, 0.5) is 0 Å². The topological polar surface area (TPSA) is 49.3 Å². The van der Waals surface area contributed by atoms with Crippen molar-refractivity contribution < 1.29 is 0 Å². The Morgan fingerprint density at radius 2 is 2.05 bits per heavy atom. The average molecular weight is 282 g/mol. The highest BCUT2D eigenvalue weighted by molar-refractivity contribution is 5.80. The molecule has 2 aromatic rings. The van der Waals surface area contributed by atoms with Gasteiger partial charge in [-0.2, -0.15) is 0 Å². The highest BCUT2D eigenvalue weighted by Gasteiger charge is 2.20. The Morgan fingerprint density at radius 3 is 2.86 bits per heavy atom. The SMILES string of the molecule is CN=C(NCCc1ccc2ccccc2n1)NCC1CC1. The van der Waals surface area contributed by atoms with Gasteiger partial charge in [0.2, 0.25) is 0 Å². The molecule has 4 heteroatoms. The van der Waals surface area contributed by atoms with Gasteiger partial charge < -0.3 is 10.6 Å². The molecule has 1 saturated carbocycles. The van der Waals surface area contributed by atoms with Crippen molar-refractivity contribution in [1.82, 2.24) is 15.6 Å². The van der Waals surface area contributed by atoms with E-state index in [1.165, 1.54) is 18.2 Å². The second-order valence-electron chi connectivity index (χ2n) is 5.57. The first-order valence-corrected chi connectivity index (χ1v) is 7.64. The van der Waals surface area contributed by atoms with Crippen LogP contribution in [0.15, 0.2) is 41.4 Å². The molecule has 0 aliphatic heterocycles. The summed E-state index contributed by atoms with van der Waals surface area (Å²) in [5, 5.41) is 7.90. The molecule has 4 nitrogen and oxygen atoms in total. The minimum atomic E-state index is 0.843. The lowest BCUT2D eigenvalue weighted by Crippen LogP contribution is -2.39. The third-order valence-electron chi connectivity index (χ3n) is 3.81. The Labute approximate surface area is 125 Å². The second-order valence-corrected chi connectivity index (χ2v) is 5.57. The van der Waals surface area contributed by atoms with Crippen LogP contribution in [0, 0.1) is 5.92 Å². The summed E-state index contributed by atoms with van der Waals surface area (Å²) in [5.41, 5.74) is 2.17. The van der Waals surface area contributed by atoms with Crippen LogP contribution in [-0.2, 0) is 6.42 Å². The Hall–Kier alpha value is -2.10. The van der Waals surface area contributed by atoms with Crippen LogP contribution in [0.2, 0.25) is 0 Å². The molecule has 1 aliphatic rings. The number of hydrogen-bond donors (Lipinski definition) is 2. The van der Waals surface area contributed by atoms with Crippen LogP contribution >= 0.6 is 0 Å². The van der Waals surface area contributed by atoms with Crippen molar-refractivity contribution >= 4 is 16.9 Å². The van der Waals surface area contributed by atoms with Crippen molar-refractivity contribution in [3.05, 3.63) is 42.1 Å². The van der Waals surface area contributed by atoms with Gasteiger partial charge in [0, 0.05) is 37.6 Å². The van der Waals surface area contributed by atoms with E-state index in [1.807, 2.05) is 19.2 Å². The van der Waals surface area contributed by atoms with Gasteiger partial charge in [0.1, 0.15) is 0 Å². The maximum absolute atomic E-state index is 4.68. The van der Waals surface area contributed by atoms with Crippen LogP contribution in [0.1, 0.15) is 18.5 Å². The van der Waals surface area contributed by atoms with Gasteiger partial charge in [0.05, 0.1) is 5.52 Å². The fraction of sp³-hybridized carbons (Fsp3) is 0.412. The quantitative estimate of drug-likeness (QED) is 0.654. The number of para-hydroxylation sites is 1. The molecule has 1 fully saturated rings. The Kier molecular flexibility index (Phi) is 4.34. The molecule has 1 aliphatic carbocycles. The summed E-state index contributed by atoms with van der Waals surface area (Å²) < 4.78 is 0. The molecule has 1 aromatic heterocycles.